The second kappa shape index (κ2) is 5.43. The molecule has 1 aliphatic carbocycles. The van der Waals surface area contributed by atoms with Crippen molar-refractivity contribution in [3.05, 3.63) is 17.5 Å². The standard InChI is InChI=1S/C14H22N4O/c1-18-7-3-6-15-9-12(18)11-8-16-14(19-2)17-13(11)10-4-5-10/h8,10,12,15H,3-7,9H2,1-2H3. The van der Waals surface area contributed by atoms with Crippen LogP contribution in [0.15, 0.2) is 6.20 Å². The number of hydrogen-bond donors (Lipinski definition) is 1. The van der Waals surface area contributed by atoms with Crippen molar-refractivity contribution in [2.45, 2.75) is 31.2 Å². The van der Waals surface area contributed by atoms with Gasteiger partial charge in [0.1, 0.15) is 0 Å². The predicted molar refractivity (Wildman–Crippen MR) is 73.4 cm³/mol. The summed E-state index contributed by atoms with van der Waals surface area (Å²) >= 11 is 0. The van der Waals surface area contributed by atoms with Crippen LogP contribution in [0.2, 0.25) is 0 Å². The molecular formula is C14H22N4O. The molecule has 0 bridgehead atoms. The Labute approximate surface area is 114 Å². The van der Waals surface area contributed by atoms with Gasteiger partial charge in [-0.05, 0) is 39.4 Å². The van der Waals surface area contributed by atoms with E-state index >= 15 is 0 Å². The van der Waals surface area contributed by atoms with Crippen LogP contribution in [-0.4, -0.2) is 48.7 Å². The maximum atomic E-state index is 5.18. The van der Waals surface area contributed by atoms with Gasteiger partial charge in [-0.15, -0.1) is 0 Å². The van der Waals surface area contributed by atoms with Crippen molar-refractivity contribution in [3.8, 4) is 6.01 Å². The summed E-state index contributed by atoms with van der Waals surface area (Å²) < 4.78 is 5.18. The maximum absolute atomic E-state index is 5.18. The third-order valence-corrected chi connectivity index (χ3v) is 4.07. The average molecular weight is 262 g/mol. The highest BCUT2D eigenvalue weighted by atomic mass is 16.5. The Morgan fingerprint density at radius 3 is 3.00 bits per heavy atom. The lowest BCUT2D eigenvalue weighted by Gasteiger charge is -2.27. The quantitative estimate of drug-likeness (QED) is 0.890. The fourth-order valence-electron chi connectivity index (χ4n) is 2.78. The number of ether oxygens (including phenoxy) is 1. The summed E-state index contributed by atoms with van der Waals surface area (Å²) in [5.74, 6) is 0.614. The van der Waals surface area contributed by atoms with Crippen LogP contribution in [0, 0.1) is 0 Å². The molecular weight excluding hydrogens is 240 g/mol. The molecule has 1 unspecified atom stereocenters. The first kappa shape index (κ1) is 12.8. The van der Waals surface area contributed by atoms with Crippen LogP contribution < -0.4 is 10.1 Å². The number of nitrogens with one attached hydrogen (secondary N) is 1. The van der Waals surface area contributed by atoms with E-state index in [-0.39, 0.29) is 0 Å². The lowest BCUT2D eigenvalue weighted by atomic mass is 10.0. The van der Waals surface area contributed by atoms with E-state index in [2.05, 4.69) is 27.2 Å². The Morgan fingerprint density at radius 1 is 1.42 bits per heavy atom. The van der Waals surface area contributed by atoms with Gasteiger partial charge in [0.2, 0.25) is 0 Å². The number of rotatable bonds is 3. The van der Waals surface area contributed by atoms with E-state index in [1.165, 1.54) is 30.5 Å². The lowest BCUT2D eigenvalue weighted by Crippen LogP contribution is -2.30. The van der Waals surface area contributed by atoms with E-state index in [0.29, 0.717) is 18.0 Å². The van der Waals surface area contributed by atoms with Gasteiger partial charge < -0.3 is 10.1 Å². The highest BCUT2D eigenvalue weighted by molar-refractivity contribution is 5.29. The number of hydrogen-bond acceptors (Lipinski definition) is 5. The fraction of sp³-hybridized carbons (Fsp3) is 0.714. The molecule has 1 aliphatic heterocycles. The summed E-state index contributed by atoms with van der Waals surface area (Å²) in [5, 5.41) is 3.51. The minimum Gasteiger partial charge on any atom is -0.467 e. The van der Waals surface area contributed by atoms with Gasteiger partial charge in [-0.3, -0.25) is 4.90 Å². The third-order valence-electron chi connectivity index (χ3n) is 4.07. The van der Waals surface area contributed by atoms with Crippen LogP contribution in [-0.2, 0) is 0 Å². The Kier molecular flexibility index (Phi) is 3.66. The molecule has 1 aromatic heterocycles. The molecule has 2 fully saturated rings. The molecule has 0 radical (unpaired) electrons. The first-order valence-electron chi connectivity index (χ1n) is 7.11. The molecule has 1 aromatic rings. The molecule has 1 saturated heterocycles. The molecule has 19 heavy (non-hydrogen) atoms. The van der Waals surface area contributed by atoms with E-state index < -0.39 is 0 Å². The summed E-state index contributed by atoms with van der Waals surface area (Å²) in [6.45, 7) is 3.19. The molecule has 0 aromatic carbocycles. The van der Waals surface area contributed by atoms with Crippen molar-refractivity contribution in [2.75, 3.05) is 33.8 Å². The fourth-order valence-corrected chi connectivity index (χ4v) is 2.78. The Bertz CT molecular complexity index is 447. The zero-order chi connectivity index (χ0) is 13.2. The van der Waals surface area contributed by atoms with Crippen LogP contribution in [0.5, 0.6) is 6.01 Å². The van der Waals surface area contributed by atoms with Crippen molar-refractivity contribution in [1.29, 1.82) is 0 Å². The van der Waals surface area contributed by atoms with Crippen LogP contribution in [0.25, 0.3) is 0 Å². The van der Waals surface area contributed by atoms with Gasteiger partial charge in [-0.25, -0.2) is 4.98 Å². The summed E-state index contributed by atoms with van der Waals surface area (Å²) in [6.07, 6.45) is 5.66. The number of aromatic nitrogens is 2. The van der Waals surface area contributed by atoms with E-state index in [0.717, 1.165) is 19.6 Å². The van der Waals surface area contributed by atoms with Crippen molar-refractivity contribution in [1.82, 2.24) is 20.2 Å². The second-order valence-corrected chi connectivity index (χ2v) is 5.53. The molecule has 3 rings (SSSR count). The van der Waals surface area contributed by atoms with Crippen molar-refractivity contribution in [2.24, 2.45) is 0 Å². The Morgan fingerprint density at radius 2 is 2.26 bits per heavy atom. The number of methoxy groups -OCH3 is 1. The highest BCUT2D eigenvalue weighted by Gasteiger charge is 2.32. The molecule has 2 heterocycles. The minimum absolute atomic E-state index is 0.379. The van der Waals surface area contributed by atoms with E-state index in [4.69, 9.17) is 4.74 Å². The average Bonchev–Trinajstić information content (AvgIpc) is 3.26. The van der Waals surface area contributed by atoms with E-state index in [1.54, 1.807) is 7.11 Å². The lowest BCUT2D eigenvalue weighted by molar-refractivity contribution is 0.258. The van der Waals surface area contributed by atoms with Crippen LogP contribution in [0.1, 0.15) is 42.5 Å². The van der Waals surface area contributed by atoms with Gasteiger partial charge in [0, 0.05) is 24.2 Å². The van der Waals surface area contributed by atoms with E-state index in [9.17, 15) is 0 Å². The first-order chi connectivity index (χ1) is 9.29. The molecule has 1 saturated carbocycles. The number of likely N-dealkylation sites (N-methyl/N-ethyl adjacent to an activating group) is 1. The molecule has 1 atom stereocenters. The third kappa shape index (κ3) is 2.72. The van der Waals surface area contributed by atoms with Gasteiger partial charge in [0.15, 0.2) is 0 Å². The maximum Gasteiger partial charge on any atom is 0.316 e. The SMILES string of the molecule is COc1ncc(C2CNCCCN2C)c(C2CC2)n1. The zero-order valence-corrected chi connectivity index (χ0v) is 11.7. The summed E-state index contributed by atoms with van der Waals surface area (Å²) in [7, 11) is 3.82. The molecule has 2 aliphatic rings. The normalized spacial score (nSPS) is 25.1. The van der Waals surface area contributed by atoms with Gasteiger partial charge in [-0.2, -0.15) is 4.98 Å². The van der Waals surface area contributed by atoms with Crippen molar-refractivity contribution in [3.63, 3.8) is 0 Å². The molecule has 104 valence electrons. The largest absolute Gasteiger partial charge is 0.467 e. The van der Waals surface area contributed by atoms with Gasteiger partial charge >= 0.3 is 6.01 Å². The van der Waals surface area contributed by atoms with Crippen molar-refractivity contribution < 1.29 is 4.74 Å². The minimum atomic E-state index is 0.379. The first-order valence-corrected chi connectivity index (χ1v) is 7.11. The molecule has 1 N–H and O–H groups in total. The van der Waals surface area contributed by atoms with E-state index in [1.807, 2.05) is 6.20 Å². The topological polar surface area (TPSA) is 50.3 Å². The van der Waals surface area contributed by atoms with Crippen LogP contribution in [0.4, 0.5) is 0 Å². The zero-order valence-electron chi connectivity index (χ0n) is 11.7. The van der Waals surface area contributed by atoms with Gasteiger partial charge in [0.05, 0.1) is 18.8 Å². The monoisotopic (exact) mass is 262 g/mol. The van der Waals surface area contributed by atoms with Crippen LogP contribution in [0.3, 0.4) is 0 Å². The Balaban J connectivity index is 1.93. The van der Waals surface area contributed by atoms with Gasteiger partial charge in [0.25, 0.3) is 0 Å². The number of nitrogens with zero attached hydrogens (tertiary/aromatic N) is 3. The van der Waals surface area contributed by atoms with Crippen LogP contribution >= 0.6 is 0 Å². The summed E-state index contributed by atoms with van der Waals surface area (Å²) in [4.78, 5) is 11.3. The predicted octanol–water partition coefficient (Wildman–Crippen LogP) is 1.33. The molecule has 0 amide bonds. The summed E-state index contributed by atoms with van der Waals surface area (Å²) in [6, 6.07) is 0.874. The second-order valence-electron chi connectivity index (χ2n) is 5.53. The summed E-state index contributed by atoms with van der Waals surface area (Å²) in [5.41, 5.74) is 2.48. The molecule has 0 spiro atoms. The smallest absolute Gasteiger partial charge is 0.316 e. The molecule has 5 nitrogen and oxygen atoms in total. The highest BCUT2D eigenvalue weighted by Crippen LogP contribution is 2.43. The van der Waals surface area contributed by atoms with Gasteiger partial charge in [-0.1, -0.05) is 0 Å². The Hall–Kier alpha value is -1.20. The molecule has 5 heteroatoms. The van der Waals surface area contributed by atoms with Crippen molar-refractivity contribution >= 4 is 0 Å².